The van der Waals surface area contributed by atoms with Crippen LogP contribution in [-0.2, 0) is 37.2 Å². The number of hydrogen-bond acceptors (Lipinski definition) is 12. The molecule has 0 atom stereocenters. The highest BCUT2D eigenvalue weighted by Crippen LogP contribution is 2.50. The SMILES string of the molecule is CCCCCCC(CCCCCC)N1C(=O)c2c(B3OC(C)(C)C(C)(C)O3)cc3c4cc(B5OC(C)(C)C(C)(C)O5)c5c6c(c(B7OC(C)(C)C(C)(C)O7)cc(c7cc(B8OC(C)(C)C(C)(C)O8)c(c2c37)C1=O)c64)C(=O)N(C(CCCCCC)CCCCCC)C5=O. The summed E-state index contributed by atoms with van der Waals surface area (Å²) >= 11 is 0. The molecule has 6 heterocycles. The Morgan fingerprint density at radius 3 is 0.652 bits per heavy atom. The first-order valence-corrected chi connectivity index (χ1v) is 35.7. The molecule has 6 aliphatic heterocycles. The van der Waals surface area contributed by atoms with Gasteiger partial charge in [0.15, 0.2) is 0 Å². The minimum atomic E-state index is -1.07. The van der Waals surface area contributed by atoms with Crippen molar-refractivity contribution in [3.05, 3.63) is 46.5 Å². The van der Waals surface area contributed by atoms with Crippen LogP contribution in [0.2, 0.25) is 0 Å². The summed E-state index contributed by atoms with van der Waals surface area (Å²) < 4.78 is 56.9. The predicted molar refractivity (Wildman–Crippen MR) is 374 cm³/mol. The number of benzene rings is 5. The van der Waals surface area contributed by atoms with E-state index in [1.54, 1.807) is 9.80 Å². The van der Waals surface area contributed by atoms with Gasteiger partial charge in [0.05, 0.1) is 44.8 Å². The van der Waals surface area contributed by atoms with Crippen LogP contribution in [0.4, 0.5) is 0 Å². The number of nitrogens with zero attached hydrogens (tertiary/aromatic N) is 2. The van der Waals surface area contributed by atoms with Crippen LogP contribution in [0.3, 0.4) is 0 Å². The average molecular weight is 1260 g/mol. The number of unbranched alkanes of at least 4 members (excludes halogenated alkanes) is 12. The zero-order valence-electron chi connectivity index (χ0n) is 59.7. The Balaban J connectivity index is 1.31. The maximum absolute atomic E-state index is 16.7. The highest BCUT2D eigenvalue weighted by Gasteiger charge is 2.60. The van der Waals surface area contributed by atoms with E-state index < -0.39 is 109 Å². The van der Waals surface area contributed by atoms with Crippen molar-refractivity contribution < 1.29 is 56.4 Å². The molecule has 0 spiro atoms. The van der Waals surface area contributed by atoms with Gasteiger partial charge in [0.25, 0.3) is 23.6 Å². The van der Waals surface area contributed by atoms with Gasteiger partial charge in [-0.05, 0) is 191 Å². The summed E-state index contributed by atoms with van der Waals surface area (Å²) in [6, 6.07) is 7.37. The quantitative estimate of drug-likeness (QED) is 0.0171. The van der Waals surface area contributed by atoms with Crippen molar-refractivity contribution in [3.63, 3.8) is 0 Å². The third-order valence-electron chi connectivity index (χ3n) is 23.6. The van der Waals surface area contributed by atoms with E-state index in [1.165, 1.54) is 0 Å². The fourth-order valence-corrected chi connectivity index (χ4v) is 15.1. The Bertz CT molecular complexity index is 3180. The standard InChI is InChI=1S/C74H106B4N2O12/c1-21-25-29-33-37-45(38-34-30-26-22-2)79-63(81)57-51(75-85-67(5,6)68(7,8)86-75)41-47-49-43-53(77-89-71(13,14)72(15,16)90-77)59-62-56(49)50(48-42-52(58(64(79)82)61(57)55(47)48)76-87-69(9,10)70(11,12)88-76)44-54(78-91-73(17,18)74(19,20)92-78)60(62)66(84)80(65(59)83)46(39-35-31-27-23-3)40-36-32-28-24-4/h41-46H,21-40H2,1-20H3. The van der Waals surface area contributed by atoms with Gasteiger partial charge in [-0.15, -0.1) is 0 Å². The Morgan fingerprint density at radius 1 is 0.293 bits per heavy atom. The van der Waals surface area contributed by atoms with Gasteiger partial charge in [-0.3, -0.25) is 29.0 Å². The molecule has 4 fully saturated rings. The molecule has 92 heavy (non-hydrogen) atoms. The summed E-state index contributed by atoms with van der Waals surface area (Å²) in [5.41, 5.74) is -3.40. The Kier molecular flexibility index (Phi) is 18.7. The zero-order chi connectivity index (χ0) is 66.8. The van der Waals surface area contributed by atoms with Crippen molar-refractivity contribution in [1.82, 2.24) is 9.80 Å². The van der Waals surface area contributed by atoms with Gasteiger partial charge in [0.1, 0.15) is 0 Å². The first-order chi connectivity index (χ1) is 43.1. The molecule has 5 aromatic carbocycles. The molecule has 6 aliphatic rings. The highest BCUT2D eigenvalue weighted by molar-refractivity contribution is 6.70. The molecule has 18 heteroatoms. The van der Waals surface area contributed by atoms with Gasteiger partial charge in [0, 0.05) is 45.1 Å². The summed E-state index contributed by atoms with van der Waals surface area (Å²) in [6.45, 7) is 40.9. The fraction of sp³-hybridized carbons (Fsp3) is 0.676. The summed E-state index contributed by atoms with van der Waals surface area (Å²) in [4.78, 5) is 70.0. The van der Waals surface area contributed by atoms with E-state index in [-0.39, 0.29) is 0 Å². The van der Waals surface area contributed by atoms with Gasteiger partial charge in [-0.2, -0.15) is 0 Å². The van der Waals surface area contributed by atoms with Gasteiger partial charge in [-0.25, -0.2) is 0 Å². The Labute approximate surface area is 550 Å². The number of carbonyl (C=O) groups excluding carboxylic acids is 4. The molecule has 0 aromatic heterocycles. The molecule has 0 N–H and O–H groups in total. The summed E-state index contributed by atoms with van der Waals surface area (Å²) in [7, 11) is -4.27. The fourth-order valence-electron chi connectivity index (χ4n) is 15.1. The molecule has 0 saturated carbocycles. The van der Waals surface area contributed by atoms with E-state index >= 15 is 19.2 Å². The summed E-state index contributed by atoms with van der Waals surface area (Å²) in [5.74, 6) is -1.58. The van der Waals surface area contributed by atoms with Crippen LogP contribution in [0, 0.1) is 0 Å². The molecular weight excluding hydrogens is 1150 g/mol. The molecule has 5 aromatic rings. The minimum absolute atomic E-state index is 0.333. The molecule has 0 aliphatic carbocycles. The lowest BCUT2D eigenvalue weighted by molar-refractivity contribution is 0.00578. The van der Waals surface area contributed by atoms with Crippen LogP contribution in [0.1, 0.15) is 308 Å². The molecule has 11 rings (SSSR count). The maximum atomic E-state index is 16.7. The zero-order valence-corrected chi connectivity index (χ0v) is 59.7. The normalized spacial score (nSPS) is 21.8. The van der Waals surface area contributed by atoms with E-state index in [9.17, 15) is 0 Å². The molecule has 4 saturated heterocycles. The van der Waals surface area contributed by atoms with E-state index in [4.69, 9.17) is 37.2 Å². The van der Waals surface area contributed by atoms with E-state index in [2.05, 4.69) is 27.7 Å². The van der Waals surface area contributed by atoms with E-state index in [0.717, 1.165) is 103 Å². The molecular formula is C74H106B4N2O12. The number of amides is 4. The number of fused-ring (bicyclic) bond motifs is 2. The third-order valence-corrected chi connectivity index (χ3v) is 23.6. The molecule has 0 bridgehead atoms. The second kappa shape index (κ2) is 24.9. The largest absolute Gasteiger partial charge is 0.495 e. The Hall–Kier alpha value is -4.38. The first-order valence-electron chi connectivity index (χ1n) is 35.7. The van der Waals surface area contributed by atoms with Crippen molar-refractivity contribution in [2.24, 2.45) is 0 Å². The van der Waals surface area contributed by atoms with Crippen LogP contribution >= 0.6 is 0 Å². The second-order valence-corrected chi connectivity index (χ2v) is 32.1. The summed E-state index contributed by atoms with van der Waals surface area (Å²) in [6.07, 6.45) is 18.5. The summed E-state index contributed by atoms with van der Waals surface area (Å²) in [5, 5.41) is 4.92. The smallest absolute Gasteiger partial charge is 0.399 e. The maximum Gasteiger partial charge on any atom is 0.495 e. The molecule has 0 radical (unpaired) electrons. The van der Waals surface area contributed by atoms with Crippen molar-refractivity contribution in [1.29, 1.82) is 0 Å². The molecule has 496 valence electrons. The highest BCUT2D eigenvalue weighted by atomic mass is 16.7. The molecule has 14 nitrogen and oxygen atoms in total. The van der Waals surface area contributed by atoms with Crippen molar-refractivity contribution in [2.75, 3.05) is 0 Å². The number of hydrogen-bond donors (Lipinski definition) is 0. The van der Waals surface area contributed by atoms with Gasteiger partial charge >= 0.3 is 28.5 Å². The van der Waals surface area contributed by atoms with Crippen LogP contribution < -0.4 is 21.9 Å². The predicted octanol–water partition coefficient (Wildman–Crippen LogP) is 14.7. The number of imide groups is 2. The van der Waals surface area contributed by atoms with Gasteiger partial charge in [0.2, 0.25) is 0 Å². The number of rotatable bonds is 26. The lowest BCUT2D eigenvalue weighted by Gasteiger charge is -2.38. The topological polar surface area (TPSA) is 149 Å². The molecule has 4 amide bonds. The van der Waals surface area contributed by atoms with Crippen LogP contribution in [0.15, 0.2) is 24.3 Å². The second-order valence-electron chi connectivity index (χ2n) is 32.1. The third kappa shape index (κ3) is 11.4. The van der Waals surface area contributed by atoms with Crippen molar-refractivity contribution in [2.45, 2.75) is 324 Å². The van der Waals surface area contributed by atoms with E-state index in [1.807, 2.05) is 135 Å². The van der Waals surface area contributed by atoms with E-state index in [0.29, 0.717) is 113 Å². The number of carbonyl (C=O) groups is 4. The van der Waals surface area contributed by atoms with Crippen molar-refractivity contribution in [3.8, 4) is 0 Å². The van der Waals surface area contributed by atoms with Gasteiger partial charge < -0.3 is 37.2 Å². The first kappa shape index (κ1) is 69.0. The van der Waals surface area contributed by atoms with Crippen LogP contribution in [0.25, 0.3) is 43.1 Å². The van der Waals surface area contributed by atoms with Crippen LogP contribution in [-0.4, -0.2) is 119 Å². The average Bonchev–Trinajstić information content (AvgIpc) is 0.787. The molecule has 0 unspecified atom stereocenters. The monoisotopic (exact) mass is 1260 g/mol. The van der Waals surface area contributed by atoms with Crippen molar-refractivity contribution >= 4 is 117 Å². The van der Waals surface area contributed by atoms with Gasteiger partial charge in [-0.1, -0.05) is 155 Å². The lowest BCUT2D eigenvalue weighted by atomic mass is 9.64. The van der Waals surface area contributed by atoms with Crippen LogP contribution in [0.5, 0.6) is 0 Å². The lowest BCUT2D eigenvalue weighted by Crippen LogP contribution is -2.54. The minimum Gasteiger partial charge on any atom is -0.399 e. The Morgan fingerprint density at radius 2 is 0.478 bits per heavy atom.